The largest absolute Gasteiger partial charge is 0.492 e. The van der Waals surface area contributed by atoms with Gasteiger partial charge in [-0.2, -0.15) is 0 Å². The number of rotatable bonds is 6. The summed E-state index contributed by atoms with van der Waals surface area (Å²) < 4.78 is 6.63. The van der Waals surface area contributed by atoms with Gasteiger partial charge in [0.2, 0.25) is 0 Å². The van der Waals surface area contributed by atoms with Crippen molar-refractivity contribution in [3.05, 3.63) is 28.2 Å². The van der Waals surface area contributed by atoms with Gasteiger partial charge in [0.25, 0.3) is 0 Å². The molecule has 0 fully saturated rings. The molecular formula is C13H20BrNO. The third-order valence-electron chi connectivity index (χ3n) is 2.17. The molecule has 16 heavy (non-hydrogen) atoms. The van der Waals surface area contributed by atoms with Gasteiger partial charge in [-0.05, 0) is 40.0 Å². The summed E-state index contributed by atoms with van der Waals surface area (Å²) >= 11 is 3.53. The quantitative estimate of drug-likeness (QED) is 0.860. The molecule has 1 aromatic carbocycles. The Hall–Kier alpha value is -0.540. The Morgan fingerprint density at radius 2 is 2.12 bits per heavy atom. The summed E-state index contributed by atoms with van der Waals surface area (Å²) in [6.45, 7) is 8.06. The Bertz CT molecular complexity index is 326. The fraction of sp³-hybridized carbons (Fsp3) is 0.538. The summed E-state index contributed by atoms with van der Waals surface area (Å²) in [6, 6.07) is 6.75. The second-order valence-corrected chi connectivity index (χ2v) is 5.00. The van der Waals surface area contributed by atoms with Crippen LogP contribution >= 0.6 is 15.9 Å². The molecule has 0 aliphatic carbocycles. The van der Waals surface area contributed by atoms with E-state index in [4.69, 9.17) is 4.74 Å². The lowest BCUT2D eigenvalue weighted by atomic mass is 10.2. The van der Waals surface area contributed by atoms with E-state index in [-0.39, 0.29) is 0 Å². The lowest BCUT2D eigenvalue weighted by Gasteiger charge is -2.11. The predicted octanol–water partition coefficient (Wildman–Crippen LogP) is 3.74. The van der Waals surface area contributed by atoms with Gasteiger partial charge in [0, 0.05) is 12.6 Å². The number of halogens is 1. The van der Waals surface area contributed by atoms with Gasteiger partial charge in [-0.3, -0.25) is 0 Å². The molecule has 3 heteroatoms. The average Bonchev–Trinajstić information content (AvgIpc) is 2.25. The van der Waals surface area contributed by atoms with E-state index in [0.29, 0.717) is 6.04 Å². The Balaban J connectivity index is 2.59. The summed E-state index contributed by atoms with van der Waals surface area (Å²) in [5.41, 5.74) is 1.27. The number of hydrogen-bond acceptors (Lipinski definition) is 2. The molecule has 90 valence electrons. The highest BCUT2D eigenvalue weighted by Gasteiger charge is 2.02. The van der Waals surface area contributed by atoms with E-state index in [2.05, 4.69) is 54.2 Å². The van der Waals surface area contributed by atoms with Gasteiger partial charge in [-0.25, -0.2) is 0 Å². The summed E-state index contributed by atoms with van der Waals surface area (Å²) in [5.74, 6) is 0.926. The summed E-state index contributed by atoms with van der Waals surface area (Å²) in [6.07, 6.45) is 1.03. The van der Waals surface area contributed by atoms with Crippen LogP contribution in [0.25, 0.3) is 0 Å². The maximum Gasteiger partial charge on any atom is 0.133 e. The SMILES string of the molecule is CCCOc1ccc(CNC(C)C)cc1Br. The van der Waals surface area contributed by atoms with Gasteiger partial charge >= 0.3 is 0 Å². The molecule has 0 saturated heterocycles. The van der Waals surface area contributed by atoms with Gasteiger partial charge in [0.15, 0.2) is 0 Å². The molecule has 0 unspecified atom stereocenters. The average molecular weight is 286 g/mol. The standard InChI is InChI=1S/C13H20BrNO/c1-4-7-16-13-6-5-11(8-12(13)14)9-15-10(2)3/h5-6,8,10,15H,4,7,9H2,1-3H3. The van der Waals surface area contributed by atoms with E-state index in [1.54, 1.807) is 0 Å². The third-order valence-corrected chi connectivity index (χ3v) is 2.79. The molecule has 1 N–H and O–H groups in total. The fourth-order valence-electron chi connectivity index (χ4n) is 1.31. The van der Waals surface area contributed by atoms with Crippen molar-refractivity contribution in [1.82, 2.24) is 5.32 Å². The van der Waals surface area contributed by atoms with Crippen LogP contribution in [0.5, 0.6) is 5.75 Å². The predicted molar refractivity (Wildman–Crippen MR) is 71.9 cm³/mol. The minimum absolute atomic E-state index is 0.509. The molecule has 0 amide bonds. The van der Waals surface area contributed by atoms with Crippen molar-refractivity contribution in [3.63, 3.8) is 0 Å². The van der Waals surface area contributed by atoms with Crippen LogP contribution in [0.1, 0.15) is 32.8 Å². The van der Waals surface area contributed by atoms with E-state index in [0.717, 1.165) is 29.8 Å². The Morgan fingerprint density at radius 1 is 1.38 bits per heavy atom. The van der Waals surface area contributed by atoms with Crippen molar-refractivity contribution >= 4 is 15.9 Å². The maximum atomic E-state index is 5.60. The van der Waals surface area contributed by atoms with E-state index < -0.39 is 0 Å². The summed E-state index contributed by atoms with van der Waals surface area (Å²) in [7, 11) is 0. The first-order valence-electron chi connectivity index (χ1n) is 5.78. The molecule has 0 aliphatic heterocycles. The van der Waals surface area contributed by atoms with Gasteiger partial charge in [-0.15, -0.1) is 0 Å². The zero-order valence-electron chi connectivity index (χ0n) is 10.2. The maximum absolute atomic E-state index is 5.60. The molecular weight excluding hydrogens is 266 g/mol. The molecule has 0 heterocycles. The highest BCUT2D eigenvalue weighted by atomic mass is 79.9. The van der Waals surface area contributed by atoms with Crippen LogP contribution in [0.4, 0.5) is 0 Å². The van der Waals surface area contributed by atoms with Gasteiger partial charge in [0.05, 0.1) is 11.1 Å². The van der Waals surface area contributed by atoms with Crippen LogP contribution in [0.15, 0.2) is 22.7 Å². The smallest absolute Gasteiger partial charge is 0.133 e. The number of nitrogens with one attached hydrogen (secondary N) is 1. The molecule has 0 aliphatic rings. The number of hydrogen-bond donors (Lipinski definition) is 1. The van der Waals surface area contributed by atoms with E-state index in [9.17, 15) is 0 Å². The van der Waals surface area contributed by atoms with E-state index in [1.165, 1.54) is 5.56 Å². The molecule has 0 atom stereocenters. The molecule has 0 spiro atoms. The zero-order chi connectivity index (χ0) is 12.0. The molecule has 1 rings (SSSR count). The molecule has 0 saturated carbocycles. The van der Waals surface area contributed by atoms with Crippen molar-refractivity contribution < 1.29 is 4.74 Å². The van der Waals surface area contributed by atoms with Gasteiger partial charge < -0.3 is 10.1 Å². The first-order valence-corrected chi connectivity index (χ1v) is 6.57. The van der Waals surface area contributed by atoms with Crippen LogP contribution in [-0.4, -0.2) is 12.6 Å². The minimum Gasteiger partial charge on any atom is -0.492 e. The third kappa shape index (κ3) is 4.54. The summed E-state index contributed by atoms with van der Waals surface area (Å²) in [5, 5.41) is 3.39. The van der Waals surface area contributed by atoms with Crippen molar-refractivity contribution in [1.29, 1.82) is 0 Å². The van der Waals surface area contributed by atoms with Crippen molar-refractivity contribution in [2.24, 2.45) is 0 Å². The number of ether oxygens (including phenoxy) is 1. The molecule has 0 bridgehead atoms. The summed E-state index contributed by atoms with van der Waals surface area (Å²) in [4.78, 5) is 0. The van der Waals surface area contributed by atoms with Crippen LogP contribution in [-0.2, 0) is 6.54 Å². The zero-order valence-corrected chi connectivity index (χ0v) is 11.8. The second kappa shape index (κ2) is 6.92. The van der Waals surface area contributed by atoms with Crippen molar-refractivity contribution in [3.8, 4) is 5.75 Å². The van der Waals surface area contributed by atoms with E-state index in [1.807, 2.05) is 6.07 Å². The van der Waals surface area contributed by atoms with Crippen molar-refractivity contribution in [2.45, 2.75) is 39.8 Å². The van der Waals surface area contributed by atoms with Crippen LogP contribution in [0.3, 0.4) is 0 Å². The normalized spacial score (nSPS) is 10.8. The molecule has 2 nitrogen and oxygen atoms in total. The number of benzene rings is 1. The van der Waals surface area contributed by atoms with Crippen LogP contribution in [0.2, 0.25) is 0 Å². The first kappa shape index (κ1) is 13.5. The van der Waals surface area contributed by atoms with Gasteiger partial charge in [0.1, 0.15) is 5.75 Å². The Labute approximate surface area is 107 Å². The first-order chi connectivity index (χ1) is 7.63. The van der Waals surface area contributed by atoms with Crippen molar-refractivity contribution in [2.75, 3.05) is 6.61 Å². The monoisotopic (exact) mass is 285 g/mol. The highest BCUT2D eigenvalue weighted by Crippen LogP contribution is 2.26. The van der Waals surface area contributed by atoms with Crippen LogP contribution < -0.4 is 10.1 Å². The van der Waals surface area contributed by atoms with E-state index >= 15 is 0 Å². The Morgan fingerprint density at radius 3 is 2.69 bits per heavy atom. The second-order valence-electron chi connectivity index (χ2n) is 4.15. The molecule has 1 aromatic rings. The highest BCUT2D eigenvalue weighted by molar-refractivity contribution is 9.10. The topological polar surface area (TPSA) is 21.3 Å². The van der Waals surface area contributed by atoms with Gasteiger partial charge in [-0.1, -0.05) is 26.8 Å². The minimum atomic E-state index is 0.509. The molecule has 0 radical (unpaired) electrons. The van der Waals surface area contributed by atoms with Crippen LogP contribution in [0, 0.1) is 0 Å². The lowest BCUT2D eigenvalue weighted by Crippen LogP contribution is -2.21. The fourth-order valence-corrected chi connectivity index (χ4v) is 1.85. The molecule has 0 aromatic heterocycles. The lowest BCUT2D eigenvalue weighted by molar-refractivity contribution is 0.315. The Kier molecular flexibility index (Phi) is 5.85.